The van der Waals surface area contributed by atoms with Gasteiger partial charge < -0.3 is 4.98 Å². The summed E-state index contributed by atoms with van der Waals surface area (Å²) >= 11 is 0. The van der Waals surface area contributed by atoms with Crippen LogP contribution in [0.25, 0.3) is 0 Å². The molecule has 0 saturated carbocycles. The van der Waals surface area contributed by atoms with E-state index < -0.39 is 0 Å². The smallest absolute Gasteiger partial charge is 0.0922 e. The molecule has 2 aromatic rings. The Labute approximate surface area is 108 Å². The van der Waals surface area contributed by atoms with Crippen LogP contribution in [0.5, 0.6) is 0 Å². The van der Waals surface area contributed by atoms with Crippen molar-refractivity contribution >= 4 is 0 Å². The predicted octanol–water partition coefficient (Wildman–Crippen LogP) is 3.14. The Bertz CT molecular complexity index is 464. The minimum absolute atomic E-state index is 0.559. The lowest BCUT2D eigenvalue weighted by Crippen LogP contribution is -2.33. The zero-order chi connectivity index (χ0) is 12.2. The Morgan fingerprint density at radius 2 is 2.11 bits per heavy atom. The topological polar surface area (TPSA) is 31.9 Å². The quantitative estimate of drug-likeness (QED) is 0.895. The highest BCUT2D eigenvalue weighted by Crippen LogP contribution is 2.31. The van der Waals surface area contributed by atoms with Crippen molar-refractivity contribution in [2.45, 2.75) is 31.8 Å². The molecule has 0 aliphatic carbocycles. The van der Waals surface area contributed by atoms with Gasteiger partial charge in [0.2, 0.25) is 0 Å². The molecule has 1 fully saturated rings. The number of benzene rings is 1. The summed E-state index contributed by atoms with van der Waals surface area (Å²) < 4.78 is 0. The Morgan fingerprint density at radius 3 is 2.89 bits per heavy atom. The summed E-state index contributed by atoms with van der Waals surface area (Å²) in [4.78, 5) is 9.87. The van der Waals surface area contributed by atoms with Gasteiger partial charge >= 0.3 is 0 Å². The van der Waals surface area contributed by atoms with Crippen molar-refractivity contribution < 1.29 is 0 Å². The van der Waals surface area contributed by atoms with E-state index in [2.05, 4.69) is 45.2 Å². The molecule has 0 amide bonds. The van der Waals surface area contributed by atoms with E-state index >= 15 is 0 Å². The molecule has 1 saturated heterocycles. The van der Waals surface area contributed by atoms with E-state index in [1.807, 2.05) is 6.20 Å². The Morgan fingerprint density at radius 1 is 1.22 bits per heavy atom. The molecule has 1 aromatic carbocycles. The van der Waals surface area contributed by atoms with Crippen molar-refractivity contribution in [2.24, 2.45) is 0 Å². The molecule has 1 atom stereocenters. The van der Waals surface area contributed by atoms with Crippen molar-refractivity contribution in [3.8, 4) is 0 Å². The second kappa shape index (κ2) is 5.36. The van der Waals surface area contributed by atoms with Gasteiger partial charge in [0.05, 0.1) is 6.33 Å². The summed E-state index contributed by atoms with van der Waals surface area (Å²) in [7, 11) is 0. The van der Waals surface area contributed by atoms with Gasteiger partial charge in [-0.1, -0.05) is 36.8 Å². The molecule has 94 valence electrons. The zero-order valence-electron chi connectivity index (χ0n) is 10.5. The van der Waals surface area contributed by atoms with Crippen LogP contribution in [0.2, 0.25) is 0 Å². The van der Waals surface area contributed by atoms with E-state index in [-0.39, 0.29) is 0 Å². The van der Waals surface area contributed by atoms with E-state index in [0.717, 1.165) is 6.54 Å². The summed E-state index contributed by atoms with van der Waals surface area (Å²) in [5, 5.41) is 0. The van der Waals surface area contributed by atoms with Crippen molar-refractivity contribution in [3.05, 3.63) is 54.1 Å². The van der Waals surface area contributed by atoms with Crippen LogP contribution in [0.4, 0.5) is 0 Å². The fourth-order valence-corrected chi connectivity index (χ4v) is 2.82. The maximum absolute atomic E-state index is 4.10. The maximum atomic E-state index is 4.10. The van der Waals surface area contributed by atoms with E-state index in [4.69, 9.17) is 0 Å². The van der Waals surface area contributed by atoms with Gasteiger partial charge in [-0.3, -0.25) is 4.90 Å². The molecule has 18 heavy (non-hydrogen) atoms. The molecule has 3 heteroatoms. The lowest BCUT2D eigenvalue weighted by molar-refractivity contribution is 0.139. The SMILES string of the molecule is c1ccc([C@H]2CCCCN2Cc2cnc[nH]2)cc1. The molecule has 1 N–H and O–H groups in total. The number of H-pyrrole nitrogens is 1. The fraction of sp³-hybridized carbons (Fsp3) is 0.400. The molecule has 0 radical (unpaired) electrons. The van der Waals surface area contributed by atoms with Gasteiger partial charge in [0.25, 0.3) is 0 Å². The second-order valence-electron chi connectivity index (χ2n) is 4.97. The Kier molecular flexibility index (Phi) is 3.42. The molecule has 1 aromatic heterocycles. The molecule has 0 unspecified atom stereocenters. The summed E-state index contributed by atoms with van der Waals surface area (Å²) in [5.74, 6) is 0. The molecule has 2 heterocycles. The predicted molar refractivity (Wildman–Crippen MR) is 72.0 cm³/mol. The largest absolute Gasteiger partial charge is 0.347 e. The molecular formula is C15H19N3. The summed E-state index contributed by atoms with van der Waals surface area (Å²) in [6.07, 6.45) is 7.59. The number of nitrogens with one attached hydrogen (secondary N) is 1. The van der Waals surface area contributed by atoms with E-state index in [0.29, 0.717) is 6.04 Å². The molecular weight excluding hydrogens is 222 g/mol. The van der Waals surface area contributed by atoms with Crippen LogP contribution in [0.3, 0.4) is 0 Å². The minimum atomic E-state index is 0.559. The molecule has 0 spiro atoms. The minimum Gasteiger partial charge on any atom is -0.347 e. The molecule has 3 rings (SSSR count). The van der Waals surface area contributed by atoms with Crippen LogP contribution >= 0.6 is 0 Å². The van der Waals surface area contributed by atoms with Gasteiger partial charge in [0.1, 0.15) is 0 Å². The third-order valence-corrected chi connectivity index (χ3v) is 3.73. The molecule has 0 bridgehead atoms. The van der Waals surface area contributed by atoms with Crippen LogP contribution in [0, 0.1) is 0 Å². The first-order valence-corrected chi connectivity index (χ1v) is 6.70. The lowest BCUT2D eigenvalue weighted by atomic mass is 9.95. The van der Waals surface area contributed by atoms with Crippen molar-refractivity contribution in [1.29, 1.82) is 0 Å². The first-order chi connectivity index (χ1) is 8.93. The number of rotatable bonds is 3. The van der Waals surface area contributed by atoms with Crippen molar-refractivity contribution in [1.82, 2.24) is 14.9 Å². The summed E-state index contributed by atoms with van der Waals surface area (Å²) in [6.45, 7) is 2.15. The number of nitrogens with zero attached hydrogens (tertiary/aromatic N) is 2. The number of aromatic nitrogens is 2. The standard InChI is InChI=1S/C15H19N3/c1-2-6-13(7-3-1)15-8-4-5-9-18(15)11-14-10-16-12-17-14/h1-3,6-7,10,12,15H,4-5,8-9,11H2,(H,16,17)/t15-/m1/s1. The van der Waals surface area contributed by atoms with Gasteiger partial charge in [-0.2, -0.15) is 0 Å². The average Bonchev–Trinajstić information content (AvgIpc) is 2.93. The zero-order valence-corrected chi connectivity index (χ0v) is 10.5. The van der Waals surface area contributed by atoms with Gasteiger partial charge in [-0.15, -0.1) is 0 Å². The first-order valence-electron chi connectivity index (χ1n) is 6.70. The van der Waals surface area contributed by atoms with Gasteiger partial charge in [0, 0.05) is 24.5 Å². The van der Waals surface area contributed by atoms with Crippen LogP contribution in [-0.4, -0.2) is 21.4 Å². The summed E-state index contributed by atoms with van der Waals surface area (Å²) in [6, 6.07) is 11.4. The number of imidazole rings is 1. The van der Waals surface area contributed by atoms with Gasteiger partial charge in [0.15, 0.2) is 0 Å². The van der Waals surface area contributed by atoms with Crippen molar-refractivity contribution in [3.63, 3.8) is 0 Å². The number of aromatic amines is 1. The van der Waals surface area contributed by atoms with Crippen LogP contribution in [-0.2, 0) is 6.54 Å². The third-order valence-electron chi connectivity index (χ3n) is 3.73. The molecule has 1 aliphatic rings. The highest BCUT2D eigenvalue weighted by atomic mass is 15.2. The van der Waals surface area contributed by atoms with E-state index in [9.17, 15) is 0 Å². The van der Waals surface area contributed by atoms with E-state index in [1.54, 1.807) is 6.33 Å². The monoisotopic (exact) mass is 241 g/mol. The lowest BCUT2D eigenvalue weighted by Gasteiger charge is -2.35. The summed E-state index contributed by atoms with van der Waals surface area (Å²) in [5.41, 5.74) is 2.65. The van der Waals surface area contributed by atoms with Gasteiger partial charge in [-0.25, -0.2) is 4.98 Å². The van der Waals surface area contributed by atoms with Gasteiger partial charge in [-0.05, 0) is 24.9 Å². The average molecular weight is 241 g/mol. The Hall–Kier alpha value is -1.61. The number of piperidine rings is 1. The highest BCUT2D eigenvalue weighted by molar-refractivity contribution is 5.19. The number of hydrogen-bond acceptors (Lipinski definition) is 2. The highest BCUT2D eigenvalue weighted by Gasteiger charge is 2.23. The van der Waals surface area contributed by atoms with E-state index in [1.165, 1.54) is 37.1 Å². The molecule has 1 aliphatic heterocycles. The number of likely N-dealkylation sites (tertiary alicyclic amines) is 1. The second-order valence-corrected chi connectivity index (χ2v) is 4.97. The Balaban J connectivity index is 1.78. The van der Waals surface area contributed by atoms with Crippen LogP contribution < -0.4 is 0 Å². The number of hydrogen-bond donors (Lipinski definition) is 1. The normalized spacial score (nSPS) is 21.0. The van der Waals surface area contributed by atoms with Crippen molar-refractivity contribution in [2.75, 3.05) is 6.54 Å². The van der Waals surface area contributed by atoms with Crippen LogP contribution in [0.15, 0.2) is 42.9 Å². The fourth-order valence-electron chi connectivity index (χ4n) is 2.82. The third kappa shape index (κ3) is 2.46. The maximum Gasteiger partial charge on any atom is 0.0922 e. The van der Waals surface area contributed by atoms with Crippen LogP contribution in [0.1, 0.15) is 36.6 Å². The first kappa shape index (κ1) is 11.5. The molecule has 3 nitrogen and oxygen atoms in total.